The molecule has 1 heterocycles. The van der Waals surface area contributed by atoms with E-state index in [0.29, 0.717) is 11.3 Å². The molecule has 0 saturated heterocycles. The van der Waals surface area contributed by atoms with E-state index in [9.17, 15) is 0 Å². The quantitative estimate of drug-likeness (QED) is 0.850. The second-order valence-corrected chi connectivity index (χ2v) is 6.79. The van der Waals surface area contributed by atoms with Gasteiger partial charge in [0.15, 0.2) is 0 Å². The highest BCUT2D eigenvalue weighted by Gasteiger charge is 2.38. The number of anilines is 1. The van der Waals surface area contributed by atoms with Crippen LogP contribution in [0.2, 0.25) is 0 Å². The minimum absolute atomic E-state index is 0.526. The average molecular weight is 269 g/mol. The van der Waals surface area contributed by atoms with Crippen LogP contribution >= 0.6 is 0 Å². The monoisotopic (exact) mass is 269 g/mol. The maximum atomic E-state index is 5.92. The fourth-order valence-electron chi connectivity index (χ4n) is 3.62. The molecule has 0 radical (unpaired) electrons. The lowest BCUT2D eigenvalue weighted by atomic mass is 9.67. The van der Waals surface area contributed by atoms with Crippen molar-refractivity contribution in [2.45, 2.75) is 57.9 Å². The summed E-state index contributed by atoms with van der Waals surface area (Å²) in [7, 11) is 0. The first-order chi connectivity index (χ1) is 9.71. The number of nitrogens with zero attached hydrogens (tertiary/aromatic N) is 2. The molecule has 0 aliphatic heterocycles. The second-order valence-electron chi connectivity index (χ2n) is 6.79. The molecule has 2 aliphatic rings. The molecule has 0 spiro atoms. The van der Waals surface area contributed by atoms with Gasteiger partial charge in [-0.2, -0.15) is 0 Å². The summed E-state index contributed by atoms with van der Waals surface area (Å²) in [6, 6.07) is 6.19. The Labute approximate surface area is 120 Å². The third-order valence-corrected chi connectivity index (χ3v) is 5.40. The smallest absolute Gasteiger partial charge is 0.113 e. The summed E-state index contributed by atoms with van der Waals surface area (Å²) in [4.78, 5) is 4.90. The molecule has 1 aromatic heterocycles. The summed E-state index contributed by atoms with van der Waals surface area (Å²) in [5.74, 6) is 2.00. The average Bonchev–Trinajstić information content (AvgIpc) is 3.17. The molecular weight excluding hydrogens is 246 g/mol. The van der Waals surface area contributed by atoms with E-state index in [4.69, 9.17) is 10.7 Å². The van der Waals surface area contributed by atoms with Crippen LogP contribution in [0.1, 0.15) is 57.2 Å². The Kier molecular flexibility index (Phi) is 2.60. The summed E-state index contributed by atoms with van der Waals surface area (Å²) >= 11 is 0. The molecule has 2 aliphatic carbocycles. The summed E-state index contributed by atoms with van der Waals surface area (Å²) in [6.45, 7) is 3.49. The number of imidazole rings is 1. The van der Waals surface area contributed by atoms with Gasteiger partial charge in [-0.25, -0.2) is 4.98 Å². The van der Waals surface area contributed by atoms with Crippen LogP contribution in [0.15, 0.2) is 18.2 Å². The van der Waals surface area contributed by atoms with Gasteiger partial charge in [0.1, 0.15) is 5.82 Å². The first-order valence-corrected chi connectivity index (χ1v) is 7.96. The number of nitrogens with two attached hydrogens (primary N) is 1. The molecule has 0 bridgehead atoms. The summed E-state index contributed by atoms with van der Waals surface area (Å²) in [5.41, 5.74) is 9.62. The third kappa shape index (κ3) is 1.83. The van der Waals surface area contributed by atoms with E-state index in [1.807, 2.05) is 12.1 Å². The van der Waals surface area contributed by atoms with Crippen molar-refractivity contribution in [2.75, 3.05) is 5.73 Å². The van der Waals surface area contributed by atoms with Gasteiger partial charge in [-0.1, -0.05) is 13.3 Å². The zero-order chi connectivity index (χ0) is 13.7. The van der Waals surface area contributed by atoms with E-state index in [2.05, 4.69) is 17.6 Å². The molecule has 0 amide bonds. The number of benzene rings is 1. The number of hydrogen-bond acceptors (Lipinski definition) is 2. The molecule has 3 nitrogen and oxygen atoms in total. The van der Waals surface area contributed by atoms with Crippen LogP contribution in [0.4, 0.5) is 5.69 Å². The maximum absolute atomic E-state index is 5.92. The van der Waals surface area contributed by atoms with Crippen molar-refractivity contribution >= 4 is 16.7 Å². The van der Waals surface area contributed by atoms with Gasteiger partial charge in [0.05, 0.1) is 11.0 Å². The first-order valence-electron chi connectivity index (χ1n) is 7.96. The fourth-order valence-corrected chi connectivity index (χ4v) is 3.62. The van der Waals surface area contributed by atoms with Gasteiger partial charge in [0.2, 0.25) is 0 Å². The van der Waals surface area contributed by atoms with Crippen molar-refractivity contribution in [1.82, 2.24) is 9.55 Å². The Morgan fingerprint density at radius 1 is 1.35 bits per heavy atom. The van der Waals surface area contributed by atoms with Gasteiger partial charge < -0.3 is 10.3 Å². The zero-order valence-electron chi connectivity index (χ0n) is 12.2. The number of fused-ring (bicyclic) bond motifs is 1. The van der Waals surface area contributed by atoms with Crippen LogP contribution in [-0.4, -0.2) is 9.55 Å². The Balaban J connectivity index is 1.81. The second kappa shape index (κ2) is 4.24. The van der Waals surface area contributed by atoms with E-state index < -0.39 is 0 Å². The van der Waals surface area contributed by atoms with E-state index >= 15 is 0 Å². The molecular formula is C17H23N3. The number of hydrogen-bond donors (Lipinski definition) is 1. The predicted octanol–water partition coefficient (Wildman–Crippen LogP) is 4.08. The lowest BCUT2D eigenvalue weighted by Gasteiger charge is -2.42. The normalized spacial score (nSPS) is 21.1. The highest BCUT2D eigenvalue weighted by molar-refractivity contribution is 5.80. The first kappa shape index (κ1) is 12.2. The molecule has 0 atom stereocenters. The van der Waals surface area contributed by atoms with Gasteiger partial charge in [-0.05, 0) is 55.7 Å². The maximum Gasteiger partial charge on any atom is 0.113 e. The fraction of sp³-hybridized carbons (Fsp3) is 0.588. The van der Waals surface area contributed by atoms with Gasteiger partial charge in [0, 0.05) is 18.2 Å². The van der Waals surface area contributed by atoms with E-state index in [1.165, 1.54) is 49.9 Å². The standard InChI is InChI=1S/C17H23N3/c1-2-17(8-3-9-17)11-20-15-7-6-13(18)10-14(15)19-16(20)12-4-5-12/h6-7,10,12H,2-5,8-9,11,18H2,1H3. The molecule has 20 heavy (non-hydrogen) atoms. The minimum atomic E-state index is 0.526. The van der Waals surface area contributed by atoms with Crippen molar-refractivity contribution in [3.05, 3.63) is 24.0 Å². The van der Waals surface area contributed by atoms with Gasteiger partial charge in [-0.3, -0.25) is 0 Å². The summed E-state index contributed by atoms with van der Waals surface area (Å²) in [5, 5.41) is 0. The molecule has 106 valence electrons. The van der Waals surface area contributed by atoms with Crippen molar-refractivity contribution in [2.24, 2.45) is 5.41 Å². The van der Waals surface area contributed by atoms with Crippen LogP contribution in [0.5, 0.6) is 0 Å². The largest absolute Gasteiger partial charge is 0.399 e. The Morgan fingerprint density at radius 2 is 2.15 bits per heavy atom. The molecule has 2 aromatic rings. The lowest BCUT2D eigenvalue weighted by molar-refractivity contribution is 0.101. The van der Waals surface area contributed by atoms with Crippen molar-refractivity contribution in [3.8, 4) is 0 Å². The topological polar surface area (TPSA) is 43.8 Å². The van der Waals surface area contributed by atoms with Crippen molar-refractivity contribution in [1.29, 1.82) is 0 Å². The molecule has 2 saturated carbocycles. The van der Waals surface area contributed by atoms with Gasteiger partial charge >= 0.3 is 0 Å². The Morgan fingerprint density at radius 3 is 2.75 bits per heavy atom. The Hall–Kier alpha value is -1.51. The molecule has 1 aromatic carbocycles. The minimum Gasteiger partial charge on any atom is -0.399 e. The number of aromatic nitrogens is 2. The molecule has 3 heteroatoms. The van der Waals surface area contributed by atoms with Crippen LogP contribution in [0.3, 0.4) is 0 Å². The van der Waals surface area contributed by atoms with Gasteiger partial charge in [0.25, 0.3) is 0 Å². The van der Waals surface area contributed by atoms with Crippen molar-refractivity contribution in [3.63, 3.8) is 0 Å². The van der Waals surface area contributed by atoms with E-state index in [1.54, 1.807) is 0 Å². The molecule has 0 unspecified atom stereocenters. The zero-order valence-corrected chi connectivity index (χ0v) is 12.2. The lowest BCUT2D eigenvalue weighted by Crippen LogP contribution is -2.33. The highest BCUT2D eigenvalue weighted by Crippen LogP contribution is 2.48. The van der Waals surface area contributed by atoms with Crippen LogP contribution < -0.4 is 5.73 Å². The Bertz CT molecular complexity index is 642. The van der Waals surface area contributed by atoms with Crippen LogP contribution in [-0.2, 0) is 6.54 Å². The highest BCUT2D eigenvalue weighted by atomic mass is 15.1. The number of nitrogen functional groups attached to an aromatic ring is 1. The predicted molar refractivity (Wildman–Crippen MR) is 82.7 cm³/mol. The summed E-state index contributed by atoms with van der Waals surface area (Å²) in [6.07, 6.45) is 8.04. The summed E-state index contributed by atoms with van der Waals surface area (Å²) < 4.78 is 2.51. The van der Waals surface area contributed by atoms with E-state index in [0.717, 1.165) is 17.7 Å². The van der Waals surface area contributed by atoms with Crippen LogP contribution in [0.25, 0.3) is 11.0 Å². The van der Waals surface area contributed by atoms with Gasteiger partial charge in [-0.15, -0.1) is 0 Å². The third-order valence-electron chi connectivity index (χ3n) is 5.40. The van der Waals surface area contributed by atoms with E-state index in [-0.39, 0.29) is 0 Å². The SMILES string of the molecule is CCC1(Cn2c(C3CC3)nc3cc(N)ccc32)CCC1. The molecule has 2 N–H and O–H groups in total. The molecule has 4 rings (SSSR count). The number of rotatable bonds is 4. The van der Waals surface area contributed by atoms with Crippen LogP contribution in [0, 0.1) is 5.41 Å². The van der Waals surface area contributed by atoms with Crippen molar-refractivity contribution < 1.29 is 0 Å². The molecule has 2 fully saturated rings.